The summed E-state index contributed by atoms with van der Waals surface area (Å²) in [6.07, 6.45) is 6.58. The van der Waals surface area contributed by atoms with Gasteiger partial charge in [0, 0.05) is 49.2 Å². The lowest BCUT2D eigenvalue weighted by atomic mass is 10.0. The first kappa shape index (κ1) is 18.9. The molecule has 2 aromatic heterocycles. The van der Waals surface area contributed by atoms with Gasteiger partial charge in [-0.2, -0.15) is 5.10 Å². The summed E-state index contributed by atoms with van der Waals surface area (Å²) in [6.45, 7) is 2.95. The third-order valence-corrected chi connectivity index (χ3v) is 5.74. The number of carbonyl (C=O) groups excluding carboxylic acids is 1. The summed E-state index contributed by atoms with van der Waals surface area (Å²) in [7, 11) is 1.67. The van der Waals surface area contributed by atoms with Crippen LogP contribution in [0.2, 0.25) is 0 Å². The Morgan fingerprint density at radius 1 is 1.33 bits per heavy atom. The highest BCUT2D eigenvalue weighted by atomic mass is 16.5. The average molecular weight is 406 g/mol. The number of methoxy groups -OCH3 is 1. The fourth-order valence-corrected chi connectivity index (χ4v) is 4.02. The molecule has 0 spiro atoms. The molecule has 3 heterocycles. The Labute approximate surface area is 175 Å². The Morgan fingerprint density at radius 2 is 2.23 bits per heavy atom. The van der Waals surface area contributed by atoms with Crippen molar-refractivity contribution in [2.75, 3.05) is 13.7 Å². The van der Waals surface area contributed by atoms with Gasteiger partial charge in [-0.05, 0) is 30.5 Å². The summed E-state index contributed by atoms with van der Waals surface area (Å²) in [5, 5.41) is 7.87. The van der Waals surface area contributed by atoms with Crippen molar-refractivity contribution in [1.29, 1.82) is 0 Å². The van der Waals surface area contributed by atoms with Gasteiger partial charge in [0.1, 0.15) is 11.6 Å². The number of fused-ring (bicyclic) bond motifs is 1. The van der Waals surface area contributed by atoms with Gasteiger partial charge in [0.15, 0.2) is 5.69 Å². The molecule has 8 heteroatoms. The van der Waals surface area contributed by atoms with Gasteiger partial charge in [-0.1, -0.05) is 12.1 Å². The van der Waals surface area contributed by atoms with E-state index in [1.165, 1.54) is 0 Å². The molecule has 8 nitrogen and oxygen atoms in total. The van der Waals surface area contributed by atoms with Crippen LogP contribution < -0.4 is 10.1 Å². The SMILES string of the molecule is COc1cccc(Cn2nc(C(=O)NC3CC3)c3c2CCN(Cc2ncc[nH]2)C3)c1. The van der Waals surface area contributed by atoms with Crippen molar-refractivity contribution >= 4 is 5.91 Å². The second-order valence-corrected chi connectivity index (χ2v) is 8.03. The Kier molecular flexibility index (Phi) is 5.00. The number of hydrogen-bond acceptors (Lipinski definition) is 5. The molecule has 2 N–H and O–H groups in total. The van der Waals surface area contributed by atoms with Crippen LogP contribution in [0.25, 0.3) is 0 Å². The number of ether oxygens (including phenoxy) is 1. The minimum Gasteiger partial charge on any atom is -0.497 e. The first-order valence-corrected chi connectivity index (χ1v) is 10.4. The van der Waals surface area contributed by atoms with E-state index in [4.69, 9.17) is 9.84 Å². The van der Waals surface area contributed by atoms with Crippen LogP contribution in [0.5, 0.6) is 5.75 Å². The van der Waals surface area contributed by atoms with Gasteiger partial charge < -0.3 is 15.0 Å². The second kappa shape index (κ2) is 7.95. The molecule has 30 heavy (non-hydrogen) atoms. The van der Waals surface area contributed by atoms with E-state index in [1.807, 2.05) is 29.1 Å². The first-order chi connectivity index (χ1) is 14.7. The number of hydrogen-bond donors (Lipinski definition) is 2. The molecule has 3 aromatic rings. The van der Waals surface area contributed by atoms with Crippen molar-refractivity contribution in [1.82, 2.24) is 30.0 Å². The van der Waals surface area contributed by atoms with E-state index in [0.29, 0.717) is 24.8 Å². The molecule has 0 atom stereocenters. The third kappa shape index (κ3) is 3.95. The van der Waals surface area contributed by atoms with Crippen LogP contribution in [0.4, 0.5) is 0 Å². The van der Waals surface area contributed by atoms with Crippen LogP contribution >= 0.6 is 0 Å². The van der Waals surface area contributed by atoms with E-state index >= 15 is 0 Å². The minimum absolute atomic E-state index is 0.0574. The standard InChI is InChI=1S/C22H26N6O2/c1-30-17-4-2-3-15(11-17)12-28-19-7-10-27(14-20-23-8-9-24-20)13-18(19)21(26-28)22(29)25-16-5-6-16/h2-4,8-9,11,16H,5-7,10,12-14H2,1H3,(H,23,24)(H,25,29). The van der Waals surface area contributed by atoms with Crippen molar-refractivity contribution in [3.8, 4) is 5.75 Å². The zero-order valence-electron chi connectivity index (χ0n) is 17.1. The van der Waals surface area contributed by atoms with Crippen LogP contribution in [-0.2, 0) is 26.1 Å². The largest absolute Gasteiger partial charge is 0.497 e. The van der Waals surface area contributed by atoms with E-state index in [2.05, 4.69) is 26.3 Å². The van der Waals surface area contributed by atoms with E-state index < -0.39 is 0 Å². The van der Waals surface area contributed by atoms with E-state index in [1.54, 1.807) is 13.3 Å². The quantitative estimate of drug-likeness (QED) is 0.628. The Hall–Kier alpha value is -3.13. The molecular formula is C22H26N6O2. The van der Waals surface area contributed by atoms with Gasteiger partial charge in [-0.3, -0.25) is 14.4 Å². The summed E-state index contributed by atoms with van der Waals surface area (Å²) < 4.78 is 7.35. The monoisotopic (exact) mass is 406 g/mol. The predicted octanol–water partition coefficient (Wildman–Crippen LogP) is 2.11. The van der Waals surface area contributed by atoms with Crippen LogP contribution in [0, 0.1) is 0 Å². The normalized spacial score (nSPS) is 16.3. The van der Waals surface area contributed by atoms with Crippen LogP contribution in [-0.4, -0.2) is 50.3 Å². The van der Waals surface area contributed by atoms with E-state index in [9.17, 15) is 4.79 Å². The summed E-state index contributed by atoms with van der Waals surface area (Å²) in [4.78, 5) is 22.7. The summed E-state index contributed by atoms with van der Waals surface area (Å²) in [6, 6.07) is 8.30. The topological polar surface area (TPSA) is 88.1 Å². The molecule has 1 aliphatic heterocycles. The number of nitrogens with one attached hydrogen (secondary N) is 2. The molecule has 5 rings (SSSR count). The van der Waals surface area contributed by atoms with Crippen molar-refractivity contribution in [3.63, 3.8) is 0 Å². The van der Waals surface area contributed by atoms with Gasteiger partial charge in [-0.15, -0.1) is 0 Å². The number of rotatable bonds is 7. The van der Waals surface area contributed by atoms with Gasteiger partial charge in [0.25, 0.3) is 5.91 Å². The zero-order chi connectivity index (χ0) is 20.5. The highest BCUT2D eigenvalue weighted by molar-refractivity contribution is 5.94. The van der Waals surface area contributed by atoms with Gasteiger partial charge in [-0.25, -0.2) is 4.98 Å². The number of carbonyl (C=O) groups is 1. The van der Waals surface area contributed by atoms with Gasteiger partial charge in [0.2, 0.25) is 0 Å². The minimum atomic E-state index is -0.0574. The molecule has 1 aromatic carbocycles. The fraction of sp³-hybridized carbons (Fsp3) is 0.409. The molecule has 1 saturated carbocycles. The summed E-state index contributed by atoms with van der Waals surface area (Å²) in [5.74, 6) is 1.70. The maximum atomic E-state index is 12.9. The van der Waals surface area contributed by atoms with E-state index in [-0.39, 0.29) is 5.91 Å². The molecule has 1 aliphatic carbocycles. The highest BCUT2D eigenvalue weighted by Crippen LogP contribution is 2.26. The molecule has 1 fully saturated rings. The number of aromatic nitrogens is 4. The second-order valence-electron chi connectivity index (χ2n) is 8.03. The molecule has 0 radical (unpaired) electrons. The maximum absolute atomic E-state index is 12.9. The van der Waals surface area contributed by atoms with Crippen molar-refractivity contribution in [3.05, 3.63) is 65.0 Å². The highest BCUT2D eigenvalue weighted by Gasteiger charge is 2.31. The lowest BCUT2D eigenvalue weighted by Crippen LogP contribution is -2.33. The molecule has 2 aliphatic rings. The predicted molar refractivity (Wildman–Crippen MR) is 111 cm³/mol. The smallest absolute Gasteiger partial charge is 0.272 e. The molecule has 0 bridgehead atoms. The Balaban J connectivity index is 1.43. The van der Waals surface area contributed by atoms with Crippen LogP contribution in [0.15, 0.2) is 36.7 Å². The molecule has 156 valence electrons. The van der Waals surface area contributed by atoms with Crippen molar-refractivity contribution < 1.29 is 9.53 Å². The number of nitrogens with zero attached hydrogens (tertiary/aromatic N) is 4. The first-order valence-electron chi connectivity index (χ1n) is 10.4. The third-order valence-electron chi connectivity index (χ3n) is 5.74. The Bertz CT molecular complexity index is 1040. The lowest BCUT2D eigenvalue weighted by molar-refractivity contribution is 0.0943. The zero-order valence-corrected chi connectivity index (χ0v) is 17.1. The van der Waals surface area contributed by atoms with Crippen molar-refractivity contribution in [2.24, 2.45) is 0 Å². The molecule has 0 saturated heterocycles. The van der Waals surface area contributed by atoms with Crippen molar-refractivity contribution in [2.45, 2.75) is 44.9 Å². The molecule has 0 unspecified atom stereocenters. The van der Waals surface area contributed by atoms with Gasteiger partial charge >= 0.3 is 0 Å². The summed E-state index contributed by atoms with van der Waals surface area (Å²) >= 11 is 0. The molecule has 1 amide bonds. The van der Waals surface area contributed by atoms with E-state index in [0.717, 1.165) is 60.7 Å². The van der Waals surface area contributed by atoms with Gasteiger partial charge in [0.05, 0.1) is 20.2 Å². The number of aromatic amines is 1. The van der Waals surface area contributed by atoms with Crippen LogP contribution in [0.3, 0.4) is 0 Å². The summed E-state index contributed by atoms with van der Waals surface area (Å²) in [5.41, 5.74) is 3.85. The number of amides is 1. The van der Waals surface area contributed by atoms with Crippen LogP contribution in [0.1, 0.15) is 46.0 Å². The fourth-order valence-electron chi connectivity index (χ4n) is 4.02. The Morgan fingerprint density at radius 3 is 3.00 bits per heavy atom. The maximum Gasteiger partial charge on any atom is 0.272 e. The number of imidazole rings is 1. The number of benzene rings is 1. The molecular weight excluding hydrogens is 380 g/mol. The lowest BCUT2D eigenvalue weighted by Gasteiger charge is -2.27. The number of H-pyrrole nitrogens is 1. The average Bonchev–Trinajstić information content (AvgIpc) is 3.29.